The molecule has 138 valence electrons. The molecule has 8 heteroatoms. The molecular formula is C18H21FN4O3. The Kier molecular flexibility index (Phi) is 4.83. The first-order valence-electron chi connectivity index (χ1n) is 8.84. The fraction of sp³-hybridized carbons (Fsp3) is 0.500. The maximum atomic E-state index is 13.7. The van der Waals surface area contributed by atoms with Gasteiger partial charge in [0.25, 0.3) is 0 Å². The monoisotopic (exact) mass is 360 g/mol. The van der Waals surface area contributed by atoms with Crippen LogP contribution >= 0.6 is 0 Å². The van der Waals surface area contributed by atoms with E-state index >= 15 is 0 Å². The second-order valence-corrected chi connectivity index (χ2v) is 6.63. The van der Waals surface area contributed by atoms with E-state index in [1.807, 2.05) is 15.6 Å². The zero-order valence-corrected chi connectivity index (χ0v) is 14.4. The first-order valence-corrected chi connectivity index (χ1v) is 8.84. The molecule has 1 atom stereocenters. The lowest BCUT2D eigenvalue weighted by atomic mass is 9.98. The molecule has 0 radical (unpaired) electrons. The molecule has 4 heterocycles. The lowest BCUT2D eigenvalue weighted by Gasteiger charge is -2.36. The number of rotatable bonds is 4. The maximum absolute atomic E-state index is 13.7. The fourth-order valence-corrected chi connectivity index (χ4v) is 3.53. The average molecular weight is 360 g/mol. The van der Waals surface area contributed by atoms with E-state index in [4.69, 9.17) is 9.47 Å². The summed E-state index contributed by atoms with van der Waals surface area (Å²) in [7, 11) is 0. The highest BCUT2D eigenvalue weighted by molar-refractivity contribution is 5.79. The SMILES string of the molecule is O=C(C1CCOCC1)N1Cc2ccnn2C(COc2ncccc2F)C1. The largest absolute Gasteiger partial charge is 0.473 e. The molecule has 1 amide bonds. The number of ether oxygens (including phenoxy) is 2. The molecular weight excluding hydrogens is 339 g/mol. The number of fused-ring (bicyclic) bond motifs is 1. The molecule has 1 fully saturated rings. The van der Waals surface area contributed by atoms with Crippen LogP contribution in [0.3, 0.4) is 0 Å². The highest BCUT2D eigenvalue weighted by atomic mass is 19.1. The summed E-state index contributed by atoms with van der Waals surface area (Å²) in [6.07, 6.45) is 4.72. The van der Waals surface area contributed by atoms with Crippen LogP contribution in [0, 0.1) is 11.7 Å². The third-order valence-electron chi connectivity index (χ3n) is 4.90. The van der Waals surface area contributed by atoms with Crippen LogP contribution < -0.4 is 4.74 Å². The van der Waals surface area contributed by atoms with Crippen molar-refractivity contribution in [3.63, 3.8) is 0 Å². The van der Waals surface area contributed by atoms with Gasteiger partial charge in [-0.1, -0.05) is 0 Å². The van der Waals surface area contributed by atoms with Gasteiger partial charge in [-0.05, 0) is 31.0 Å². The minimum Gasteiger partial charge on any atom is -0.473 e. The highest BCUT2D eigenvalue weighted by Gasteiger charge is 2.33. The van der Waals surface area contributed by atoms with Gasteiger partial charge in [-0.2, -0.15) is 5.10 Å². The number of halogens is 1. The van der Waals surface area contributed by atoms with E-state index in [2.05, 4.69) is 10.1 Å². The number of pyridine rings is 1. The Morgan fingerprint density at radius 1 is 1.31 bits per heavy atom. The molecule has 0 spiro atoms. The smallest absolute Gasteiger partial charge is 0.250 e. The molecule has 7 nitrogen and oxygen atoms in total. The van der Waals surface area contributed by atoms with Crippen LogP contribution in [0.25, 0.3) is 0 Å². The topological polar surface area (TPSA) is 69.5 Å². The van der Waals surface area contributed by atoms with E-state index in [1.165, 1.54) is 18.3 Å². The second kappa shape index (κ2) is 7.41. The third kappa shape index (κ3) is 3.41. The van der Waals surface area contributed by atoms with Crippen molar-refractivity contribution in [3.8, 4) is 5.88 Å². The Hall–Kier alpha value is -2.48. The van der Waals surface area contributed by atoms with Gasteiger partial charge in [0.15, 0.2) is 5.82 Å². The molecule has 2 aromatic heterocycles. The Morgan fingerprint density at radius 2 is 2.15 bits per heavy atom. The standard InChI is InChI=1S/C18H21FN4O3/c19-16-2-1-6-20-17(16)26-12-15-11-22(10-14-3-7-21-23(14)15)18(24)13-4-8-25-9-5-13/h1-3,6-7,13,15H,4-5,8-12H2. The van der Waals surface area contributed by atoms with Gasteiger partial charge in [-0.25, -0.2) is 9.37 Å². The number of amides is 1. The first kappa shape index (κ1) is 17.0. The van der Waals surface area contributed by atoms with Crippen molar-refractivity contribution in [2.75, 3.05) is 26.4 Å². The number of hydrogen-bond donors (Lipinski definition) is 0. The van der Waals surface area contributed by atoms with E-state index in [-0.39, 0.29) is 30.4 Å². The Balaban J connectivity index is 1.47. The lowest BCUT2D eigenvalue weighted by molar-refractivity contribution is -0.141. The molecule has 2 aliphatic rings. The highest BCUT2D eigenvalue weighted by Crippen LogP contribution is 2.26. The minimum absolute atomic E-state index is 0.00743. The van der Waals surface area contributed by atoms with Gasteiger partial charge >= 0.3 is 0 Å². The third-order valence-corrected chi connectivity index (χ3v) is 4.90. The molecule has 0 saturated carbocycles. The molecule has 1 unspecified atom stereocenters. The lowest BCUT2D eigenvalue weighted by Crippen LogP contribution is -2.46. The molecule has 0 aliphatic carbocycles. The average Bonchev–Trinajstić information content (AvgIpc) is 3.16. The van der Waals surface area contributed by atoms with Gasteiger partial charge in [0.05, 0.1) is 12.2 Å². The molecule has 0 N–H and O–H groups in total. The zero-order chi connectivity index (χ0) is 17.9. The van der Waals surface area contributed by atoms with E-state index < -0.39 is 5.82 Å². The summed E-state index contributed by atoms with van der Waals surface area (Å²) in [6.45, 7) is 2.48. The molecule has 2 aromatic rings. The van der Waals surface area contributed by atoms with Crippen LogP contribution in [0.15, 0.2) is 30.6 Å². The summed E-state index contributed by atoms with van der Waals surface area (Å²) in [6, 6.07) is 4.54. The number of aromatic nitrogens is 3. The number of carbonyl (C=O) groups is 1. The molecule has 0 bridgehead atoms. The first-order chi connectivity index (χ1) is 12.7. The van der Waals surface area contributed by atoms with Crippen molar-refractivity contribution in [2.45, 2.75) is 25.4 Å². The van der Waals surface area contributed by atoms with E-state index in [1.54, 1.807) is 6.20 Å². The minimum atomic E-state index is -0.501. The predicted molar refractivity (Wildman–Crippen MR) is 89.9 cm³/mol. The molecule has 4 rings (SSSR count). The zero-order valence-electron chi connectivity index (χ0n) is 14.4. The summed E-state index contributed by atoms with van der Waals surface area (Å²) in [5.74, 6) is -0.379. The van der Waals surface area contributed by atoms with Crippen molar-refractivity contribution in [3.05, 3.63) is 42.1 Å². The van der Waals surface area contributed by atoms with Crippen LogP contribution in [-0.4, -0.2) is 51.9 Å². The normalized spacial score (nSPS) is 20.7. The van der Waals surface area contributed by atoms with Gasteiger partial charge in [0.2, 0.25) is 11.8 Å². The van der Waals surface area contributed by atoms with E-state index in [0.717, 1.165) is 18.5 Å². The van der Waals surface area contributed by atoms with E-state index in [0.29, 0.717) is 26.3 Å². The van der Waals surface area contributed by atoms with Crippen LogP contribution in [0.1, 0.15) is 24.6 Å². The Labute approximate surface area is 150 Å². The summed E-state index contributed by atoms with van der Waals surface area (Å²) in [5, 5.41) is 4.34. The number of carbonyl (C=O) groups excluding carboxylic acids is 1. The van der Waals surface area contributed by atoms with Gasteiger partial charge in [0.1, 0.15) is 12.6 Å². The maximum Gasteiger partial charge on any atom is 0.250 e. The van der Waals surface area contributed by atoms with Crippen LogP contribution in [-0.2, 0) is 16.1 Å². The van der Waals surface area contributed by atoms with Gasteiger partial charge in [0, 0.05) is 38.1 Å². The van der Waals surface area contributed by atoms with E-state index in [9.17, 15) is 9.18 Å². The van der Waals surface area contributed by atoms with Gasteiger partial charge in [-0.3, -0.25) is 9.48 Å². The van der Waals surface area contributed by atoms with Crippen molar-refractivity contribution in [2.24, 2.45) is 5.92 Å². The molecule has 0 aromatic carbocycles. The summed E-state index contributed by atoms with van der Waals surface area (Å²) < 4.78 is 26.5. The van der Waals surface area contributed by atoms with Crippen molar-refractivity contribution in [1.29, 1.82) is 0 Å². The summed E-state index contributed by atoms with van der Waals surface area (Å²) >= 11 is 0. The van der Waals surface area contributed by atoms with Crippen molar-refractivity contribution < 1.29 is 18.7 Å². The quantitative estimate of drug-likeness (QED) is 0.832. The Morgan fingerprint density at radius 3 is 2.96 bits per heavy atom. The fourth-order valence-electron chi connectivity index (χ4n) is 3.53. The van der Waals surface area contributed by atoms with Crippen LogP contribution in [0.4, 0.5) is 4.39 Å². The van der Waals surface area contributed by atoms with Crippen molar-refractivity contribution >= 4 is 5.91 Å². The van der Waals surface area contributed by atoms with Gasteiger partial charge in [-0.15, -0.1) is 0 Å². The summed E-state index contributed by atoms with van der Waals surface area (Å²) in [4.78, 5) is 18.7. The molecule has 1 saturated heterocycles. The number of nitrogens with zero attached hydrogens (tertiary/aromatic N) is 4. The summed E-state index contributed by atoms with van der Waals surface area (Å²) in [5.41, 5.74) is 0.951. The Bertz CT molecular complexity index is 775. The molecule has 2 aliphatic heterocycles. The van der Waals surface area contributed by atoms with Crippen molar-refractivity contribution in [1.82, 2.24) is 19.7 Å². The second-order valence-electron chi connectivity index (χ2n) is 6.63. The van der Waals surface area contributed by atoms with Crippen LogP contribution in [0.2, 0.25) is 0 Å². The van der Waals surface area contributed by atoms with Gasteiger partial charge < -0.3 is 14.4 Å². The molecule has 26 heavy (non-hydrogen) atoms. The number of hydrogen-bond acceptors (Lipinski definition) is 5. The predicted octanol–water partition coefficient (Wildman–Crippen LogP) is 1.81. The van der Waals surface area contributed by atoms with Crippen LogP contribution in [0.5, 0.6) is 5.88 Å².